The summed E-state index contributed by atoms with van der Waals surface area (Å²) in [5, 5.41) is 9.37. The Morgan fingerprint density at radius 1 is 1.27 bits per heavy atom. The van der Waals surface area contributed by atoms with Crippen molar-refractivity contribution >= 4 is 34.2 Å². The van der Waals surface area contributed by atoms with E-state index in [4.69, 9.17) is 4.74 Å². The second-order valence-electron chi connectivity index (χ2n) is 7.96. The Kier molecular flexibility index (Phi) is 4.63. The number of fused-ring (bicyclic) bond motifs is 3. The van der Waals surface area contributed by atoms with E-state index in [1.54, 1.807) is 6.07 Å². The van der Waals surface area contributed by atoms with Crippen LogP contribution in [0.4, 0.5) is 0 Å². The topological polar surface area (TPSA) is 84.7 Å². The van der Waals surface area contributed by atoms with Crippen molar-refractivity contribution in [3.05, 3.63) is 51.5 Å². The number of aromatic nitrogens is 2. The third-order valence-electron chi connectivity index (χ3n) is 6.28. The minimum Gasteiger partial charge on any atom is -0.477 e. The van der Waals surface area contributed by atoms with Gasteiger partial charge in [0.2, 0.25) is 5.91 Å². The molecule has 2 aliphatic heterocycles. The van der Waals surface area contributed by atoms with Crippen LogP contribution < -0.4 is 0 Å². The zero-order valence-corrected chi connectivity index (χ0v) is 17.6. The summed E-state index contributed by atoms with van der Waals surface area (Å²) in [6.07, 6.45) is 2.13. The van der Waals surface area contributed by atoms with Gasteiger partial charge < -0.3 is 19.3 Å². The van der Waals surface area contributed by atoms with Crippen molar-refractivity contribution < 1.29 is 19.4 Å². The third-order valence-corrected chi connectivity index (χ3v) is 7.46. The van der Waals surface area contributed by atoms with Crippen LogP contribution in [0.25, 0.3) is 11.0 Å². The molecular weight excluding hydrogens is 402 g/mol. The summed E-state index contributed by atoms with van der Waals surface area (Å²) in [5.74, 6) is 0.0153. The zero-order valence-electron chi connectivity index (χ0n) is 16.8. The van der Waals surface area contributed by atoms with Gasteiger partial charge in [0.05, 0.1) is 23.2 Å². The van der Waals surface area contributed by atoms with E-state index in [-0.39, 0.29) is 12.5 Å². The number of carbonyl (C=O) groups excluding carboxylic acids is 1. The lowest BCUT2D eigenvalue weighted by Crippen LogP contribution is -2.48. The van der Waals surface area contributed by atoms with E-state index in [0.717, 1.165) is 33.7 Å². The molecule has 0 aliphatic carbocycles. The summed E-state index contributed by atoms with van der Waals surface area (Å²) in [5.41, 5.74) is 2.41. The summed E-state index contributed by atoms with van der Waals surface area (Å²) >= 11 is 1.35. The Morgan fingerprint density at radius 3 is 2.80 bits per heavy atom. The van der Waals surface area contributed by atoms with Crippen molar-refractivity contribution in [2.45, 2.75) is 38.3 Å². The number of benzene rings is 1. The van der Waals surface area contributed by atoms with E-state index < -0.39 is 11.6 Å². The first-order chi connectivity index (χ1) is 14.5. The van der Waals surface area contributed by atoms with Gasteiger partial charge in [-0.05, 0) is 43.5 Å². The number of likely N-dealkylation sites (tertiary alicyclic amines) is 1. The van der Waals surface area contributed by atoms with Crippen molar-refractivity contribution in [1.29, 1.82) is 0 Å². The first-order valence-corrected chi connectivity index (χ1v) is 11.0. The highest BCUT2D eigenvalue weighted by molar-refractivity contribution is 7.14. The number of carboxylic acid groups (broad SMARTS) is 1. The maximum atomic E-state index is 13.0. The number of nitrogens with zero attached hydrogens (tertiary/aromatic N) is 3. The maximum Gasteiger partial charge on any atom is 0.345 e. The molecule has 2 aromatic heterocycles. The Hall–Kier alpha value is -2.71. The number of piperidine rings is 1. The van der Waals surface area contributed by atoms with Gasteiger partial charge in [0.15, 0.2) is 0 Å². The van der Waals surface area contributed by atoms with E-state index in [0.29, 0.717) is 37.4 Å². The average Bonchev–Trinajstić information content (AvgIpc) is 3.31. The number of aromatic carboxylic acids is 1. The molecule has 5 rings (SSSR count). The molecule has 1 N–H and O–H groups in total. The van der Waals surface area contributed by atoms with Gasteiger partial charge in [0.1, 0.15) is 17.2 Å². The molecule has 8 heteroatoms. The number of rotatable bonds is 3. The van der Waals surface area contributed by atoms with Crippen LogP contribution in [0, 0.1) is 6.92 Å². The Balaban J connectivity index is 1.32. The predicted octanol–water partition coefficient (Wildman–Crippen LogP) is 3.20. The van der Waals surface area contributed by atoms with E-state index >= 15 is 0 Å². The number of aryl methyl sites for hydroxylation is 1. The summed E-state index contributed by atoms with van der Waals surface area (Å²) in [6.45, 7) is 3.99. The number of ether oxygens (including phenoxy) is 1. The highest BCUT2D eigenvalue weighted by Gasteiger charge is 2.43. The monoisotopic (exact) mass is 425 g/mol. The fourth-order valence-electron chi connectivity index (χ4n) is 4.68. The molecule has 1 aromatic carbocycles. The molecule has 30 heavy (non-hydrogen) atoms. The number of imidazole rings is 1. The van der Waals surface area contributed by atoms with Crippen molar-refractivity contribution in [2.75, 3.05) is 19.7 Å². The van der Waals surface area contributed by atoms with Gasteiger partial charge in [0, 0.05) is 24.4 Å². The average molecular weight is 426 g/mol. The number of para-hydroxylation sites is 2. The van der Waals surface area contributed by atoms with Crippen LogP contribution in [-0.2, 0) is 28.1 Å². The first kappa shape index (κ1) is 19.3. The number of carbonyl (C=O) groups is 2. The molecule has 1 saturated heterocycles. The van der Waals surface area contributed by atoms with Gasteiger partial charge in [-0.15, -0.1) is 11.3 Å². The quantitative estimate of drug-likeness (QED) is 0.697. The lowest BCUT2D eigenvalue weighted by molar-refractivity contribution is -0.141. The number of hydrogen-bond acceptors (Lipinski definition) is 5. The largest absolute Gasteiger partial charge is 0.477 e. The van der Waals surface area contributed by atoms with Crippen LogP contribution in [0.1, 0.15) is 38.8 Å². The molecule has 0 bridgehead atoms. The fourth-order valence-corrected chi connectivity index (χ4v) is 5.75. The van der Waals surface area contributed by atoms with Crippen LogP contribution in [0.2, 0.25) is 0 Å². The lowest BCUT2D eigenvalue weighted by Gasteiger charge is -2.44. The molecule has 7 nitrogen and oxygen atoms in total. The van der Waals surface area contributed by atoms with Crippen LogP contribution >= 0.6 is 11.3 Å². The molecule has 0 atom stereocenters. The van der Waals surface area contributed by atoms with Crippen molar-refractivity contribution in [3.8, 4) is 0 Å². The van der Waals surface area contributed by atoms with Gasteiger partial charge in [-0.25, -0.2) is 9.78 Å². The molecule has 156 valence electrons. The molecular formula is C22H23N3O4S. The third kappa shape index (κ3) is 3.11. The van der Waals surface area contributed by atoms with E-state index in [1.807, 2.05) is 40.7 Å². The highest BCUT2D eigenvalue weighted by Crippen LogP contribution is 2.44. The second kappa shape index (κ2) is 7.21. The summed E-state index contributed by atoms with van der Waals surface area (Å²) in [6, 6.07) is 9.63. The van der Waals surface area contributed by atoms with Crippen LogP contribution in [0.15, 0.2) is 30.3 Å². The van der Waals surface area contributed by atoms with Gasteiger partial charge >= 0.3 is 5.97 Å². The van der Waals surface area contributed by atoms with Crippen molar-refractivity contribution in [2.24, 2.45) is 0 Å². The minimum absolute atomic E-state index is 0.0729. The van der Waals surface area contributed by atoms with Crippen molar-refractivity contribution in [1.82, 2.24) is 14.5 Å². The SMILES string of the molecule is Cc1nc2ccccc2n1CC(=O)N1CCC2(CC1)OCCc1sc(C(=O)O)cc12. The molecule has 3 aromatic rings. The smallest absolute Gasteiger partial charge is 0.345 e. The minimum atomic E-state index is -0.889. The molecule has 2 aliphatic rings. The summed E-state index contributed by atoms with van der Waals surface area (Å²) < 4.78 is 8.16. The summed E-state index contributed by atoms with van der Waals surface area (Å²) in [7, 11) is 0. The molecule has 0 unspecified atom stereocenters. The van der Waals surface area contributed by atoms with Gasteiger partial charge in [-0.1, -0.05) is 12.1 Å². The number of hydrogen-bond donors (Lipinski definition) is 1. The Morgan fingerprint density at radius 2 is 2.03 bits per heavy atom. The molecule has 1 spiro atoms. The summed E-state index contributed by atoms with van der Waals surface area (Å²) in [4.78, 5) is 32.4. The van der Waals surface area contributed by atoms with Crippen LogP contribution in [-0.4, -0.2) is 51.1 Å². The fraction of sp³-hybridized carbons (Fsp3) is 0.409. The Labute approximate surface area is 177 Å². The first-order valence-electron chi connectivity index (χ1n) is 10.2. The highest BCUT2D eigenvalue weighted by atomic mass is 32.1. The number of thiophene rings is 1. The number of amides is 1. The van der Waals surface area contributed by atoms with Gasteiger partial charge in [-0.2, -0.15) is 0 Å². The van der Waals surface area contributed by atoms with Crippen LogP contribution in [0.3, 0.4) is 0 Å². The van der Waals surface area contributed by atoms with Crippen LogP contribution in [0.5, 0.6) is 0 Å². The van der Waals surface area contributed by atoms with Gasteiger partial charge in [0.25, 0.3) is 0 Å². The van der Waals surface area contributed by atoms with Gasteiger partial charge in [-0.3, -0.25) is 4.79 Å². The molecule has 1 amide bonds. The molecule has 1 fully saturated rings. The maximum absolute atomic E-state index is 13.0. The van der Waals surface area contributed by atoms with E-state index in [9.17, 15) is 14.7 Å². The molecule has 0 saturated carbocycles. The Bertz CT molecular complexity index is 1140. The standard InChI is InChI=1S/C22H23N3O4S/c1-14-23-16-4-2-3-5-17(16)25(14)13-20(26)24-9-7-22(8-10-24)15-12-19(21(27)28)30-18(15)6-11-29-22/h2-5,12H,6-11,13H2,1H3,(H,27,28). The second-order valence-corrected chi connectivity index (χ2v) is 9.10. The predicted molar refractivity (Wildman–Crippen MR) is 113 cm³/mol. The lowest BCUT2D eigenvalue weighted by atomic mass is 9.82. The number of carboxylic acids is 1. The van der Waals surface area contributed by atoms with E-state index in [1.165, 1.54) is 11.3 Å². The normalized spacial score (nSPS) is 18.0. The molecule has 4 heterocycles. The van der Waals surface area contributed by atoms with Crippen molar-refractivity contribution in [3.63, 3.8) is 0 Å². The van der Waals surface area contributed by atoms with E-state index in [2.05, 4.69) is 4.98 Å². The molecule has 0 radical (unpaired) electrons. The zero-order chi connectivity index (χ0) is 20.9.